The number of benzene rings is 1. The van der Waals surface area contributed by atoms with Gasteiger partial charge in [-0.2, -0.15) is 0 Å². The van der Waals surface area contributed by atoms with Crippen LogP contribution in [0.1, 0.15) is 40.9 Å². The van der Waals surface area contributed by atoms with Crippen molar-refractivity contribution in [1.29, 1.82) is 0 Å². The highest BCUT2D eigenvalue weighted by Gasteiger charge is 2.22. The number of nitrogens with one attached hydrogen (secondary N) is 1. The first kappa shape index (κ1) is 14.5. The smallest absolute Gasteiger partial charge is 0.263 e. The molecule has 1 fully saturated rings. The van der Waals surface area contributed by atoms with Crippen molar-refractivity contribution < 1.29 is 4.79 Å². The Morgan fingerprint density at radius 2 is 2.13 bits per heavy atom. The van der Waals surface area contributed by atoms with E-state index in [2.05, 4.69) is 5.32 Å². The summed E-state index contributed by atoms with van der Waals surface area (Å²) in [6, 6.07) is 8.43. The molecule has 1 amide bonds. The van der Waals surface area contributed by atoms with Crippen LogP contribution in [0.25, 0.3) is 21.1 Å². The first-order chi connectivity index (χ1) is 11.1. The summed E-state index contributed by atoms with van der Waals surface area (Å²) in [7, 11) is 0. The van der Waals surface area contributed by atoms with Crippen LogP contribution in [0.5, 0.6) is 0 Å². The third-order valence-corrected chi connectivity index (χ3v) is 5.76. The SMILES string of the molecule is Cc1cccc2cc3c(N)c(C(=O)NC4CCCC4)sc3nc12. The van der Waals surface area contributed by atoms with E-state index in [-0.39, 0.29) is 5.91 Å². The highest BCUT2D eigenvalue weighted by Crippen LogP contribution is 2.35. The van der Waals surface area contributed by atoms with E-state index in [1.54, 1.807) is 0 Å². The van der Waals surface area contributed by atoms with E-state index in [1.165, 1.54) is 24.2 Å². The molecule has 0 atom stereocenters. The quantitative estimate of drug-likeness (QED) is 0.748. The molecule has 118 valence electrons. The fraction of sp³-hybridized carbons (Fsp3) is 0.333. The predicted octanol–water partition coefficient (Wildman–Crippen LogP) is 4.01. The second kappa shape index (κ2) is 5.49. The highest BCUT2D eigenvalue weighted by molar-refractivity contribution is 7.21. The summed E-state index contributed by atoms with van der Waals surface area (Å²) in [5, 5.41) is 5.05. The third-order valence-electron chi connectivity index (χ3n) is 4.64. The third kappa shape index (κ3) is 2.45. The number of pyridine rings is 1. The second-order valence-electron chi connectivity index (χ2n) is 6.29. The number of aryl methyl sites for hydroxylation is 1. The first-order valence-electron chi connectivity index (χ1n) is 8.02. The molecular weight excluding hydrogens is 306 g/mol. The van der Waals surface area contributed by atoms with Crippen molar-refractivity contribution >= 4 is 44.1 Å². The molecule has 23 heavy (non-hydrogen) atoms. The van der Waals surface area contributed by atoms with Crippen molar-refractivity contribution in [3.8, 4) is 0 Å². The Balaban J connectivity index is 1.78. The monoisotopic (exact) mass is 325 g/mol. The van der Waals surface area contributed by atoms with Gasteiger partial charge in [0.05, 0.1) is 11.2 Å². The number of nitrogens with two attached hydrogens (primary N) is 1. The van der Waals surface area contributed by atoms with Gasteiger partial charge in [-0.3, -0.25) is 4.79 Å². The van der Waals surface area contributed by atoms with Gasteiger partial charge in [0.25, 0.3) is 5.91 Å². The molecule has 0 radical (unpaired) electrons. The fourth-order valence-corrected chi connectivity index (χ4v) is 4.34. The number of rotatable bonds is 2. The number of nitrogens with zero attached hydrogens (tertiary/aromatic N) is 1. The molecule has 0 bridgehead atoms. The molecule has 0 spiro atoms. The minimum absolute atomic E-state index is 0.0572. The van der Waals surface area contributed by atoms with Gasteiger partial charge in [-0.1, -0.05) is 31.0 Å². The minimum Gasteiger partial charge on any atom is -0.397 e. The molecule has 2 heterocycles. The number of carbonyl (C=O) groups excluding carboxylic acids is 1. The summed E-state index contributed by atoms with van der Waals surface area (Å²) in [4.78, 5) is 18.7. The Hall–Kier alpha value is -2.14. The van der Waals surface area contributed by atoms with Gasteiger partial charge >= 0.3 is 0 Å². The van der Waals surface area contributed by atoms with E-state index >= 15 is 0 Å². The zero-order chi connectivity index (χ0) is 16.0. The summed E-state index contributed by atoms with van der Waals surface area (Å²) in [5.74, 6) is -0.0572. The highest BCUT2D eigenvalue weighted by atomic mass is 32.1. The van der Waals surface area contributed by atoms with E-state index in [0.29, 0.717) is 16.6 Å². The van der Waals surface area contributed by atoms with Crippen molar-refractivity contribution in [1.82, 2.24) is 10.3 Å². The standard InChI is InChI=1S/C18H19N3OS/c1-10-5-4-6-11-9-13-14(19)16(23-18(13)21-15(10)11)17(22)20-12-7-2-3-8-12/h4-6,9,12H,2-3,7-8,19H2,1H3,(H,20,22). The van der Waals surface area contributed by atoms with Crippen molar-refractivity contribution in [2.24, 2.45) is 0 Å². The number of thiophene rings is 1. The molecule has 5 heteroatoms. The Bertz CT molecular complexity index is 909. The Labute approximate surface area is 138 Å². The van der Waals surface area contributed by atoms with Crippen molar-refractivity contribution in [2.75, 3.05) is 5.73 Å². The van der Waals surface area contributed by atoms with Crippen LogP contribution < -0.4 is 11.1 Å². The molecule has 1 aromatic carbocycles. The summed E-state index contributed by atoms with van der Waals surface area (Å²) in [5.41, 5.74) is 8.91. The van der Waals surface area contributed by atoms with Crippen LogP contribution in [0, 0.1) is 6.92 Å². The average Bonchev–Trinajstić information content (AvgIpc) is 3.15. The van der Waals surface area contributed by atoms with Crippen LogP contribution in [0.15, 0.2) is 24.3 Å². The zero-order valence-electron chi connectivity index (χ0n) is 13.1. The molecule has 3 aromatic rings. The van der Waals surface area contributed by atoms with Gasteiger partial charge in [-0.05, 0) is 31.4 Å². The van der Waals surface area contributed by atoms with Crippen LogP contribution >= 0.6 is 11.3 Å². The number of amides is 1. The fourth-order valence-electron chi connectivity index (χ4n) is 3.36. The van der Waals surface area contributed by atoms with E-state index in [0.717, 1.165) is 39.5 Å². The van der Waals surface area contributed by atoms with E-state index < -0.39 is 0 Å². The van der Waals surface area contributed by atoms with Crippen molar-refractivity contribution in [3.63, 3.8) is 0 Å². The summed E-state index contributed by atoms with van der Waals surface area (Å²) in [6.45, 7) is 2.05. The normalized spacial score (nSPS) is 15.5. The molecule has 4 rings (SSSR count). The molecule has 0 saturated heterocycles. The number of hydrogen-bond donors (Lipinski definition) is 2. The maximum Gasteiger partial charge on any atom is 0.263 e. The zero-order valence-corrected chi connectivity index (χ0v) is 13.9. The number of fused-ring (bicyclic) bond motifs is 2. The van der Waals surface area contributed by atoms with Crippen molar-refractivity contribution in [3.05, 3.63) is 34.7 Å². The molecule has 1 aliphatic rings. The number of nitrogen functional groups attached to an aromatic ring is 1. The molecule has 2 aromatic heterocycles. The van der Waals surface area contributed by atoms with Crippen LogP contribution in [0.3, 0.4) is 0 Å². The van der Waals surface area contributed by atoms with E-state index in [1.807, 2.05) is 31.2 Å². The van der Waals surface area contributed by atoms with Gasteiger partial charge in [0.2, 0.25) is 0 Å². The lowest BCUT2D eigenvalue weighted by molar-refractivity contribution is 0.0943. The van der Waals surface area contributed by atoms with Crippen LogP contribution in [-0.2, 0) is 0 Å². The largest absolute Gasteiger partial charge is 0.397 e. The Morgan fingerprint density at radius 3 is 2.91 bits per heavy atom. The minimum atomic E-state index is -0.0572. The van der Waals surface area contributed by atoms with Crippen LogP contribution in [0.4, 0.5) is 5.69 Å². The van der Waals surface area contributed by atoms with Crippen LogP contribution in [0.2, 0.25) is 0 Å². The van der Waals surface area contributed by atoms with Crippen LogP contribution in [-0.4, -0.2) is 16.9 Å². The lowest BCUT2D eigenvalue weighted by Gasteiger charge is -2.10. The lowest BCUT2D eigenvalue weighted by atomic mass is 10.1. The molecule has 0 unspecified atom stereocenters. The Morgan fingerprint density at radius 1 is 1.35 bits per heavy atom. The maximum atomic E-state index is 12.5. The average molecular weight is 325 g/mol. The topological polar surface area (TPSA) is 68.0 Å². The summed E-state index contributed by atoms with van der Waals surface area (Å²) in [6.07, 6.45) is 4.52. The van der Waals surface area contributed by atoms with Gasteiger partial charge in [0.15, 0.2) is 0 Å². The number of anilines is 1. The number of para-hydroxylation sites is 1. The predicted molar refractivity (Wildman–Crippen MR) is 96.0 cm³/mol. The summed E-state index contributed by atoms with van der Waals surface area (Å²) >= 11 is 1.39. The molecule has 3 N–H and O–H groups in total. The molecule has 1 saturated carbocycles. The van der Waals surface area contributed by atoms with Gasteiger partial charge in [0.1, 0.15) is 9.71 Å². The van der Waals surface area contributed by atoms with Gasteiger partial charge in [0, 0.05) is 16.8 Å². The van der Waals surface area contributed by atoms with E-state index in [9.17, 15) is 4.79 Å². The van der Waals surface area contributed by atoms with Crippen molar-refractivity contribution in [2.45, 2.75) is 38.6 Å². The van der Waals surface area contributed by atoms with Gasteiger partial charge in [-0.25, -0.2) is 4.98 Å². The Kier molecular flexibility index (Phi) is 3.45. The lowest BCUT2D eigenvalue weighted by Crippen LogP contribution is -2.32. The first-order valence-corrected chi connectivity index (χ1v) is 8.84. The molecule has 1 aliphatic carbocycles. The van der Waals surface area contributed by atoms with E-state index in [4.69, 9.17) is 10.7 Å². The van der Waals surface area contributed by atoms with Gasteiger partial charge < -0.3 is 11.1 Å². The molecule has 4 nitrogen and oxygen atoms in total. The number of carbonyl (C=O) groups is 1. The number of aromatic nitrogens is 1. The maximum absolute atomic E-state index is 12.5. The van der Waals surface area contributed by atoms with Gasteiger partial charge in [-0.15, -0.1) is 11.3 Å². The second-order valence-corrected chi connectivity index (χ2v) is 7.29. The summed E-state index contributed by atoms with van der Waals surface area (Å²) < 4.78 is 0. The molecule has 0 aliphatic heterocycles. The molecular formula is C18H19N3OS. The number of hydrogen-bond acceptors (Lipinski definition) is 4.